The summed E-state index contributed by atoms with van der Waals surface area (Å²) in [5, 5.41) is 0. The molecule has 2 N–H and O–H groups in total. The Morgan fingerprint density at radius 2 is 1.24 bits per heavy atom. The monoisotopic (exact) mass is 312 g/mol. The van der Waals surface area contributed by atoms with Gasteiger partial charge in [0, 0.05) is 0 Å². The molecule has 96 valence electrons. The van der Waals surface area contributed by atoms with Crippen molar-refractivity contribution < 1.29 is 35.7 Å². The maximum Gasteiger partial charge on any atom is 0.340 e. The first kappa shape index (κ1) is 14.9. The van der Waals surface area contributed by atoms with E-state index in [0.29, 0.717) is 0 Å². The maximum atomic E-state index is 13.0. The normalized spacial score (nSPS) is 11.3. The highest BCUT2D eigenvalue weighted by Crippen LogP contribution is 2.44. The zero-order chi connectivity index (χ0) is 13.2. The van der Waals surface area contributed by atoms with E-state index >= 15 is 0 Å². The van der Waals surface area contributed by atoms with Crippen LogP contribution in [-0.4, -0.2) is 9.79 Å². The first-order chi connectivity index (χ1) is 7.86. The Bertz CT molecular complexity index is 404. The Labute approximate surface area is 101 Å². The molecule has 0 aliphatic heterocycles. The molecule has 1 aromatic carbocycles. The molecule has 3 nitrogen and oxygen atoms in total. The van der Waals surface area contributed by atoms with Crippen LogP contribution in [0.5, 0.6) is 0 Å². The van der Waals surface area contributed by atoms with Gasteiger partial charge in [-0.3, -0.25) is 0 Å². The third kappa shape index (κ3) is 3.43. The fourth-order valence-electron chi connectivity index (χ4n) is 0.734. The molecule has 1 rings (SSSR count). The van der Waals surface area contributed by atoms with Gasteiger partial charge in [0.1, 0.15) is 0 Å². The van der Waals surface area contributed by atoms with Crippen LogP contribution in [0.2, 0.25) is 0 Å². The number of rotatable bonds is 4. The highest BCUT2D eigenvalue weighted by molar-refractivity contribution is 8.75. The summed E-state index contributed by atoms with van der Waals surface area (Å²) in [5.41, 5.74) is 0. The number of halogens is 5. The van der Waals surface area contributed by atoms with Crippen molar-refractivity contribution in [3.63, 3.8) is 0 Å². The maximum absolute atomic E-state index is 13.0. The molecule has 0 spiro atoms. The van der Waals surface area contributed by atoms with Gasteiger partial charge in [0.05, 0.1) is 16.0 Å². The topological polar surface area (TPSA) is 49.7 Å². The van der Waals surface area contributed by atoms with E-state index in [4.69, 9.17) is 9.79 Å². The second-order valence-corrected chi connectivity index (χ2v) is 5.10. The third-order valence-electron chi connectivity index (χ3n) is 1.38. The van der Waals surface area contributed by atoms with Crippen LogP contribution in [-0.2, 0) is 3.97 Å². The highest BCUT2D eigenvalue weighted by Gasteiger charge is 2.26. The standard InChI is InChI=1S/C6H2F5O3PS2/c7-1-2(8)4(10)6(5(11)3(1)9)16-17-14-15(12)13/h12-13H. The van der Waals surface area contributed by atoms with Crippen molar-refractivity contribution in [3.05, 3.63) is 29.1 Å². The second kappa shape index (κ2) is 6.17. The van der Waals surface area contributed by atoms with Gasteiger partial charge in [0.15, 0.2) is 23.3 Å². The van der Waals surface area contributed by atoms with Gasteiger partial charge in [-0.1, -0.05) is 0 Å². The predicted octanol–water partition coefficient (Wildman–Crippen LogP) is 3.27. The Morgan fingerprint density at radius 1 is 0.824 bits per heavy atom. The Hall–Kier alpha value is -0.120. The molecular formula is C6H2F5O3PS2. The van der Waals surface area contributed by atoms with Crippen molar-refractivity contribution in [2.75, 3.05) is 0 Å². The van der Waals surface area contributed by atoms with E-state index in [1.807, 2.05) is 0 Å². The fraction of sp³-hybridized carbons (Fsp3) is 0. The van der Waals surface area contributed by atoms with E-state index in [2.05, 4.69) is 3.97 Å². The molecule has 1 aromatic rings. The second-order valence-electron chi connectivity index (χ2n) is 2.38. The highest BCUT2D eigenvalue weighted by atomic mass is 33.1. The zero-order valence-corrected chi connectivity index (χ0v) is 9.98. The van der Waals surface area contributed by atoms with E-state index in [9.17, 15) is 22.0 Å². The van der Waals surface area contributed by atoms with E-state index in [1.165, 1.54) is 0 Å². The molecule has 11 heteroatoms. The Balaban J connectivity index is 2.99. The summed E-state index contributed by atoms with van der Waals surface area (Å²) in [6.07, 6.45) is 0. The minimum absolute atomic E-state index is 0.0330. The Kier molecular flexibility index (Phi) is 5.42. The third-order valence-corrected chi connectivity index (χ3v) is 4.01. The summed E-state index contributed by atoms with van der Waals surface area (Å²) in [6, 6.07) is 0. The van der Waals surface area contributed by atoms with Gasteiger partial charge in [0.25, 0.3) is 0 Å². The minimum Gasteiger partial charge on any atom is -0.327 e. The van der Waals surface area contributed by atoms with Gasteiger partial charge in [-0.25, -0.2) is 25.9 Å². The summed E-state index contributed by atoms with van der Waals surface area (Å²) >= 11 is 0.0757. The summed E-state index contributed by atoms with van der Waals surface area (Å²) in [6.45, 7) is 0. The SMILES string of the molecule is OP(O)OSSc1c(F)c(F)c(F)c(F)c1F. The van der Waals surface area contributed by atoms with E-state index < -0.39 is 42.6 Å². The van der Waals surface area contributed by atoms with E-state index in [1.54, 1.807) is 0 Å². The quantitative estimate of drug-likeness (QED) is 0.223. The van der Waals surface area contributed by atoms with E-state index in [0.717, 1.165) is 0 Å². The lowest BCUT2D eigenvalue weighted by atomic mass is 10.3. The van der Waals surface area contributed by atoms with Crippen LogP contribution in [0.4, 0.5) is 22.0 Å². The average Bonchev–Trinajstić information content (AvgIpc) is 2.28. The first-order valence-corrected chi connectivity index (χ1v) is 6.81. The minimum atomic E-state index is -2.80. The van der Waals surface area contributed by atoms with Gasteiger partial charge >= 0.3 is 8.60 Å². The molecular weight excluding hydrogens is 310 g/mol. The van der Waals surface area contributed by atoms with Crippen LogP contribution in [0.15, 0.2) is 4.90 Å². The predicted molar refractivity (Wildman–Crippen MR) is 52.1 cm³/mol. The molecule has 0 atom stereocenters. The molecule has 0 radical (unpaired) electrons. The summed E-state index contributed by atoms with van der Waals surface area (Å²) in [5.74, 6) is -10.4. The van der Waals surface area contributed by atoms with Gasteiger partial charge in [-0.05, 0) is 10.8 Å². The lowest BCUT2D eigenvalue weighted by molar-refractivity contribution is 0.361. The van der Waals surface area contributed by atoms with Crippen molar-refractivity contribution in [3.8, 4) is 0 Å². The van der Waals surface area contributed by atoms with Gasteiger partial charge in [-0.2, -0.15) is 0 Å². The molecule has 0 heterocycles. The van der Waals surface area contributed by atoms with Gasteiger partial charge in [0.2, 0.25) is 5.82 Å². The molecule has 0 amide bonds. The zero-order valence-electron chi connectivity index (χ0n) is 7.46. The number of hydrogen-bond acceptors (Lipinski definition) is 5. The van der Waals surface area contributed by atoms with Crippen molar-refractivity contribution in [2.24, 2.45) is 0 Å². The summed E-state index contributed by atoms with van der Waals surface area (Å²) in [7, 11) is -2.77. The molecule has 0 saturated carbocycles. The van der Waals surface area contributed by atoms with E-state index in [-0.39, 0.29) is 21.9 Å². The molecule has 0 aromatic heterocycles. The number of hydrogen-bond donors (Lipinski definition) is 2. The smallest absolute Gasteiger partial charge is 0.327 e. The van der Waals surface area contributed by atoms with Gasteiger partial charge < -0.3 is 9.79 Å². The first-order valence-electron chi connectivity index (χ1n) is 3.56. The fourth-order valence-corrected chi connectivity index (χ4v) is 2.87. The average molecular weight is 312 g/mol. The molecule has 0 unspecified atom stereocenters. The lowest BCUT2D eigenvalue weighted by Gasteiger charge is -2.06. The van der Waals surface area contributed by atoms with Gasteiger partial charge in [-0.15, -0.1) is 0 Å². The summed E-state index contributed by atoms with van der Waals surface area (Å²) in [4.78, 5) is 15.4. The molecule has 0 bridgehead atoms. The molecule has 0 aliphatic rings. The molecule has 17 heavy (non-hydrogen) atoms. The van der Waals surface area contributed by atoms with Crippen molar-refractivity contribution in [1.29, 1.82) is 0 Å². The lowest BCUT2D eigenvalue weighted by Crippen LogP contribution is -2.02. The molecule has 0 saturated heterocycles. The van der Waals surface area contributed by atoms with Crippen LogP contribution in [0.25, 0.3) is 0 Å². The van der Waals surface area contributed by atoms with Crippen LogP contribution >= 0.6 is 30.5 Å². The summed E-state index contributed by atoms with van der Waals surface area (Å²) < 4.78 is 68.0. The van der Waals surface area contributed by atoms with Crippen LogP contribution in [0, 0.1) is 29.1 Å². The van der Waals surface area contributed by atoms with Crippen molar-refractivity contribution in [1.82, 2.24) is 0 Å². The number of benzene rings is 1. The van der Waals surface area contributed by atoms with Crippen LogP contribution < -0.4 is 0 Å². The van der Waals surface area contributed by atoms with Crippen molar-refractivity contribution >= 4 is 30.5 Å². The van der Waals surface area contributed by atoms with Crippen LogP contribution in [0.1, 0.15) is 0 Å². The van der Waals surface area contributed by atoms with Crippen molar-refractivity contribution in [2.45, 2.75) is 4.90 Å². The Morgan fingerprint density at radius 3 is 1.65 bits per heavy atom. The van der Waals surface area contributed by atoms with Crippen LogP contribution in [0.3, 0.4) is 0 Å². The largest absolute Gasteiger partial charge is 0.340 e. The molecule has 0 fully saturated rings. The molecule has 0 aliphatic carbocycles.